The summed E-state index contributed by atoms with van der Waals surface area (Å²) in [7, 11) is 0. The Morgan fingerprint density at radius 2 is 1.46 bits per heavy atom. The van der Waals surface area contributed by atoms with Gasteiger partial charge < -0.3 is 10.5 Å². The van der Waals surface area contributed by atoms with Crippen molar-refractivity contribution in [2.24, 2.45) is 5.73 Å². The largest absolute Gasteiger partial charge is 0.375 e. The molecule has 76 valence electrons. The zero-order valence-corrected chi connectivity index (χ0v) is 8.37. The maximum Gasteiger partial charge on any atom is 0.0608 e. The molecule has 0 aliphatic heterocycles. The van der Waals surface area contributed by atoms with Crippen molar-refractivity contribution >= 4 is 0 Å². The predicted molar refractivity (Wildman–Crippen MR) is 53.6 cm³/mol. The van der Waals surface area contributed by atoms with Crippen molar-refractivity contribution < 1.29 is 4.74 Å². The average Bonchev–Trinajstić information content (AvgIpc) is 2.30. The summed E-state index contributed by atoms with van der Waals surface area (Å²) in [5.74, 6) is 0. The summed E-state index contributed by atoms with van der Waals surface area (Å²) in [6.07, 6.45) is 11.4. The molecule has 0 atom stereocenters. The van der Waals surface area contributed by atoms with Gasteiger partial charge in [-0.05, 0) is 25.7 Å². The van der Waals surface area contributed by atoms with Gasteiger partial charge in [0.1, 0.15) is 0 Å². The third-order valence-corrected chi connectivity index (χ3v) is 3.32. The van der Waals surface area contributed by atoms with Crippen molar-refractivity contribution in [1.29, 1.82) is 0 Å². The third kappa shape index (κ3) is 2.68. The topological polar surface area (TPSA) is 35.2 Å². The molecule has 0 saturated heterocycles. The smallest absolute Gasteiger partial charge is 0.0608 e. The van der Waals surface area contributed by atoms with Crippen LogP contribution in [0.2, 0.25) is 0 Å². The Morgan fingerprint density at radius 1 is 0.846 bits per heavy atom. The van der Waals surface area contributed by atoms with Crippen LogP contribution >= 0.6 is 0 Å². The van der Waals surface area contributed by atoms with Crippen molar-refractivity contribution in [3.8, 4) is 0 Å². The van der Waals surface area contributed by atoms with Crippen LogP contribution in [0, 0.1) is 0 Å². The van der Waals surface area contributed by atoms with E-state index in [9.17, 15) is 0 Å². The maximum atomic E-state index is 6.00. The van der Waals surface area contributed by atoms with Crippen LogP contribution < -0.4 is 5.73 Å². The van der Waals surface area contributed by atoms with Crippen LogP contribution in [0.4, 0.5) is 0 Å². The summed E-state index contributed by atoms with van der Waals surface area (Å²) in [5, 5.41) is 0. The lowest BCUT2D eigenvalue weighted by molar-refractivity contribution is -0.0637. The van der Waals surface area contributed by atoms with Gasteiger partial charge in [-0.3, -0.25) is 0 Å². The molecule has 0 bridgehead atoms. The van der Waals surface area contributed by atoms with Crippen LogP contribution in [0.3, 0.4) is 0 Å². The van der Waals surface area contributed by atoms with Gasteiger partial charge >= 0.3 is 0 Å². The minimum absolute atomic E-state index is 0.427. The second kappa shape index (κ2) is 4.43. The molecule has 2 aliphatic carbocycles. The number of nitrogens with two attached hydrogens (primary N) is 1. The Kier molecular flexibility index (Phi) is 3.23. The quantitative estimate of drug-likeness (QED) is 0.666. The normalized spacial score (nSPS) is 36.7. The third-order valence-electron chi connectivity index (χ3n) is 3.32. The van der Waals surface area contributed by atoms with E-state index in [4.69, 9.17) is 10.5 Å². The molecule has 2 N–H and O–H groups in total. The fourth-order valence-electron chi connectivity index (χ4n) is 2.37. The summed E-state index contributed by atoms with van der Waals surface area (Å²) in [6, 6.07) is 0.427. The Bertz CT molecular complexity index is 146. The molecule has 0 unspecified atom stereocenters. The first-order valence-corrected chi connectivity index (χ1v) is 5.75. The van der Waals surface area contributed by atoms with E-state index >= 15 is 0 Å². The van der Waals surface area contributed by atoms with E-state index < -0.39 is 0 Å². The molecule has 0 aromatic rings. The van der Waals surface area contributed by atoms with Gasteiger partial charge in [0.15, 0.2) is 0 Å². The number of hydrogen-bond acceptors (Lipinski definition) is 2. The zero-order chi connectivity index (χ0) is 9.10. The van der Waals surface area contributed by atoms with Crippen LogP contribution in [0.25, 0.3) is 0 Å². The fraction of sp³-hybridized carbons (Fsp3) is 1.00. The molecule has 2 nitrogen and oxygen atoms in total. The second-order valence-electron chi connectivity index (χ2n) is 4.60. The molecule has 0 spiro atoms. The first kappa shape index (κ1) is 9.47. The lowest BCUT2D eigenvalue weighted by atomic mass is 9.90. The van der Waals surface area contributed by atoms with Gasteiger partial charge in [0.05, 0.1) is 12.2 Å². The number of hydrogen-bond donors (Lipinski definition) is 1. The summed E-state index contributed by atoms with van der Waals surface area (Å²) in [5.41, 5.74) is 5.72. The lowest BCUT2D eigenvalue weighted by Gasteiger charge is -2.35. The number of rotatable bonds is 2. The molecule has 0 aromatic carbocycles. The lowest BCUT2D eigenvalue weighted by Crippen LogP contribution is -2.43. The van der Waals surface area contributed by atoms with Gasteiger partial charge in [0.25, 0.3) is 0 Å². The average molecular weight is 183 g/mol. The van der Waals surface area contributed by atoms with E-state index in [1.54, 1.807) is 0 Å². The van der Waals surface area contributed by atoms with Gasteiger partial charge in [-0.15, -0.1) is 0 Å². The Morgan fingerprint density at radius 3 is 2.00 bits per heavy atom. The Balaban J connectivity index is 1.67. The summed E-state index contributed by atoms with van der Waals surface area (Å²) in [6.45, 7) is 0. The van der Waals surface area contributed by atoms with Crippen LogP contribution in [0.5, 0.6) is 0 Å². The van der Waals surface area contributed by atoms with Gasteiger partial charge in [0, 0.05) is 6.04 Å². The van der Waals surface area contributed by atoms with Crippen LogP contribution in [-0.2, 0) is 4.74 Å². The summed E-state index contributed by atoms with van der Waals surface area (Å²) >= 11 is 0. The van der Waals surface area contributed by atoms with E-state index in [0.29, 0.717) is 18.2 Å². The molecular weight excluding hydrogens is 162 g/mol. The van der Waals surface area contributed by atoms with Crippen molar-refractivity contribution in [2.75, 3.05) is 0 Å². The molecule has 2 aliphatic rings. The molecule has 2 fully saturated rings. The van der Waals surface area contributed by atoms with Crippen LogP contribution in [-0.4, -0.2) is 18.2 Å². The van der Waals surface area contributed by atoms with Gasteiger partial charge in [-0.2, -0.15) is 0 Å². The standard InChI is InChI=1S/C11H21NO/c12-9-7-11(8-9)13-10-5-3-1-2-4-6-10/h9-11H,1-8,12H2. The molecule has 0 heterocycles. The molecule has 2 heteroatoms. The van der Waals surface area contributed by atoms with E-state index in [0.717, 1.165) is 12.8 Å². The highest BCUT2D eigenvalue weighted by Gasteiger charge is 2.29. The van der Waals surface area contributed by atoms with Crippen molar-refractivity contribution in [1.82, 2.24) is 0 Å². The van der Waals surface area contributed by atoms with E-state index in [1.165, 1.54) is 38.5 Å². The Hall–Kier alpha value is -0.0800. The monoisotopic (exact) mass is 183 g/mol. The molecule has 0 aromatic heterocycles. The Labute approximate surface area is 80.8 Å². The van der Waals surface area contributed by atoms with E-state index in [-0.39, 0.29) is 0 Å². The van der Waals surface area contributed by atoms with Crippen molar-refractivity contribution in [3.05, 3.63) is 0 Å². The predicted octanol–water partition coefficient (Wildman–Crippen LogP) is 2.22. The highest BCUT2D eigenvalue weighted by molar-refractivity contribution is 4.84. The highest BCUT2D eigenvalue weighted by atomic mass is 16.5. The van der Waals surface area contributed by atoms with Crippen molar-refractivity contribution in [3.63, 3.8) is 0 Å². The van der Waals surface area contributed by atoms with Crippen LogP contribution in [0.15, 0.2) is 0 Å². The molecule has 13 heavy (non-hydrogen) atoms. The highest BCUT2D eigenvalue weighted by Crippen LogP contribution is 2.27. The summed E-state index contributed by atoms with van der Waals surface area (Å²) < 4.78 is 6.00. The zero-order valence-electron chi connectivity index (χ0n) is 8.37. The van der Waals surface area contributed by atoms with Gasteiger partial charge in [0.2, 0.25) is 0 Å². The van der Waals surface area contributed by atoms with E-state index in [2.05, 4.69) is 0 Å². The molecule has 2 rings (SSSR count). The first-order chi connectivity index (χ1) is 6.34. The minimum atomic E-state index is 0.427. The molecule has 0 amide bonds. The van der Waals surface area contributed by atoms with E-state index in [1.807, 2.05) is 0 Å². The second-order valence-corrected chi connectivity index (χ2v) is 4.60. The maximum absolute atomic E-state index is 6.00. The minimum Gasteiger partial charge on any atom is -0.375 e. The summed E-state index contributed by atoms with van der Waals surface area (Å²) in [4.78, 5) is 0. The van der Waals surface area contributed by atoms with Gasteiger partial charge in [-0.25, -0.2) is 0 Å². The SMILES string of the molecule is NC1CC(OC2CCCCCC2)C1. The molecule has 2 saturated carbocycles. The first-order valence-electron chi connectivity index (χ1n) is 5.75. The van der Waals surface area contributed by atoms with Gasteiger partial charge in [-0.1, -0.05) is 25.7 Å². The van der Waals surface area contributed by atoms with Crippen LogP contribution in [0.1, 0.15) is 51.4 Å². The number of ether oxygens (including phenoxy) is 1. The fourth-order valence-corrected chi connectivity index (χ4v) is 2.37. The molecule has 0 radical (unpaired) electrons. The van der Waals surface area contributed by atoms with Crippen molar-refractivity contribution in [2.45, 2.75) is 69.6 Å². The molecular formula is C11H21NO.